The summed E-state index contributed by atoms with van der Waals surface area (Å²) in [6, 6.07) is 15.5. The number of halogens is 2. The van der Waals surface area contributed by atoms with Crippen molar-refractivity contribution < 1.29 is 5.11 Å². The molecule has 0 bridgehead atoms. The van der Waals surface area contributed by atoms with Gasteiger partial charge >= 0.3 is 0 Å². The maximum Gasteiger partial charge on any atom is 0.0773 e. The summed E-state index contributed by atoms with van der Waals surface area (Å²) in [6.07, 6.45) is -0.570. The second-order valence-corrected chi connectivity index (χ2v) is 6.59. The van der Waals surface area contributed by atoms with E-state index < -0.39 is 6.10 Å². The van der Waals surface area contributed by atoms with E-state index in [0.29, 0.717) is 22.6 Å². The van der Waals surface area contributed by atoms with Gasteiger partial charge in [0.1, 0.15) is 0 Å². The second kappa shape index (κ2) is 7.98. The van der Waals surface area contributed by atoms with Crippen LogP contribution in [0.3, 0.4) is 0 Å². The van der Waals surface area contributed by atoms with E-state index in [0.717, 1.165) is 11.1 Å². The van der Waals surface area contributed by atoms with Crippen LogP contribution in [0.1, 0.15) is 30.9 Å². The number of hydrogen-bond donors (Lipinski definition) is 2. The van der Waals surface area contributed by atoms with E-state index in [1.807, 2.05) is 48.5 Å². The smallest absolute Gasteiger partial charge is 0.0773 e. The first kappa shape index (κ1) is 17.3. The fraction of sp³-hybridized carbons (Fsp3) is 0.333. The third kappa shape index (κ3) is 4.72. The molecule has 0 aliphatic rings. The summed E-state index contributed by atoms with van der Waals surface area (Å²) in [5.74, 6) is -0.177. The van der Waals surface area contributed by atoms with Crippen molar-refractivity contribution in [2.75, 3.05) is 6.54 Å². The Morgan fingerprint density at radius 3 is 1.86 bits per heavy atom. The lowest BCUT2D eigenvalue weighted by atomic mass is 9.86. The Bertz CT molecular complexity index is 570. The first-order valence-corrected chi connectivity index (χ1v) is 8.15. The number of benzene rings is 2. The van der Waals surface area contributed by atoms with Gasteiger partial charge in [0.25, 0.3) is 0 Å². The topological polar surface area (TPSA) is 32.3 Å². The molecule has 1 atom stereocenters. The number of aliphatic hydroxyl groups excluding tert-OH is 1. The zero-order valence-electron chi connectivity index (χ0n) is 12.8. The highest BCUT2D eigenvalue weighted by molar-refractivity contribution is 6.31. The maximum atomic E-state index is 10.7. The summed E-state index contributed by atoms with van der Waals surface area (Å²) in [4.78, 5) is 0. The number of hydrogen-bond acceptors (Lipinski definition) is 2. The molecule has 0 saturated heterocycles. The summed E-state index contributed by atoms with van der Waals surface area (Å²) in [7, 11) is 0. The molecule has 2 N–H and O–H groups in total. The monoisotopic (exact) mass is 337 g/mol. The van der Waals surface area contributed by atoms with Gasteiger partial charge in [0, 0.05) is 28.5 Å². The Morgan fingerprint density at radius 2 is 1.45 bits per heavy atom. The lowest BCUT2D eigenvalue weighted by Crippen LogP contribution is -2.35. The molecular formula is C18H21Cl2NO. The number of aliphatic hydroxyl groups is 1. The molecule has 1 unspecified atom stereocenters. The van der Waals surface area contributed by atoms with Gasteiger partial charge in [-0.05, 0) is 35.4 Å². The van der Waals surface area contributed by atoms with E-state index in [4.69, 9.17) is 23.2 Å². The molecule has 0 heterocycles. The van der Waals surface area contributed by atoms with E-state index in [9.17, 15) is 5.11 Å². The molecule has 0 aliphatic carbocycles. The van der Waals surface area contributed by atoms with E-state index in [-0.39, 0.29) is 5.92 Å². The summed E-state index contributed by atoms with van der Waals surface area (Å²) in [6.45, 7) is 4.61. The molecule has 0 spiro atoms. The quantitative estimate of drug-likeness (QED) is 0.814. The van der Waals surface area contributed by atoms with Crippen LogP contribution in [0, 0.1) is 0 Å². The molecule has 0 saturated carbocycles. The SMILES string of the molecule is CC(C)NCC(O)C(c1cccc(Cl)c1)c1cccc(Cl)c1. The Balaban J connectivity index is 2.36. The molecule has 0 amide bonds. The maximum absolute atomic E-state index is 10.7. The molecule has 22 heavy (non-hydrogen) atoms. The molecule has 0 aromatic heterocycles. The third-order valence-electron chi connectivity index (χ3n) is 3.54. The van der Waals surface area contributed by atoms with Crippen LogP contribution >= 0.6 is 23.2 Å². The predicted octanol–water partition coefficient (Wildman–Crippen LogP) is 4.48. The van der Waals surface area contributed by atoms with Crippen molar-refractivity contribution in [3.63, 3.8) is 0 Å². The highest BCUT2D eigenvalue weighted by Gasteiger charge is 2.23. The molecule has 2 rings (SSSR count). The standard InChI is InChI=1S/C18H21Cl2NO/c1-12(2)21-11-17(22)18(13-5-3-7-15(19)9-13)14-6-4-8-16(20)10-14/h3-10,12,17-18,21-22H,11H2,1-2H3. The van der Waals surface area contributed by atoms with Crippen LogP contribution in [0.25, 0.3) is 0 Å². The summed E-state index contributed by atoms with van der Waals surface area (Å²) >= 11 is 12.2. The fourth-order valence-electron chi connectivity index (χ4n) is 2.51. The zero-order valence-corrected chi connectivity index (χ0v) is 14.3. The normalized spacial score (nSPS) is 12.9. The third-order valence-corrected chi connectivity index (χ3v) is 4.01. The predicted molar refractivity (Wildman–Crippen MR) is 93.9 cm³/mol. The molecule has 2 aromatic carbocycles. The van der Waals surface area contributed by atoms with E-state index in [2.05, 4.69) is 19.2 Å². The highest BCUT2D eigenvalue weighted by atomic mass is 35.5. The van der Waals surface area contributed by atoms with Gasteiger partial charge in [-0.1, -0.05) is 61.3 Å². The van der Waals surface area contributed by atoms with Gasteiger partial charge in [-0.15, -0.1) is 0 Å². The average Bonchev–Trinajstić information content (AvgIpc) is 2.45. The Morgan fingerprint density at radius 1 is 0.955 bits per heavy atom. The van der Waals surface area contributed by atoms with E-state index in [1.165, 1.54) is 0 Å². The largest absolute Gasteiger partial charge is 0.391 e. The van der Waals surface area contributed by atoms with Crippen LogP contribution in [0.4, 0.5) is 0 Å². The van der Waals surface area contributed by atoms with E-state index in [1.54, 1.807) is 0 Å². The minimum atomic E-state index is -0.570. The van der Waals surface area contributed by atoms with Crippen molar-refractivity contribution in [2.24, 2.45) is 0 Å². The minimum absolute atomic E-state index is 0.177. The molecule has 4 heteroatoms. The van der Waals surface area contributed by atoms with Crippen LogP contribution < -0.4 is 5.32 Å². The van der Waals surface area contributed by atoms with Crippen molar-refractivity contribution in [1.82, 2.24) is 5.32 Å². The molecule has 0 aliphatic heterocycles. The first-order chi connectivity index (χ1) is 10.5. The molecule has 2 aromatic rings. The van der Waals surface area contributed by atoms with Crippen molar-refractivity contribution in [3.05, 3.63) is 69.7 Å². The Hall–Kier alpha value is -1.06. The van der Waals surface area contributed by atoms with Crippen LogP contribution in [-0.2, 0) is 0 Å². The number of rotatable bonds is 6. The van der Waals surface area contributed by atoms with Gasteiger partial charge in [0.15, 0.2) is 0 Å². The van der Waals surface area contributed by atoms with Crippen molar-refractivity contribution >= 4 is 23.2 Å². The average molecular weight is 338 g/mol. The van der Waals surface area contributed by atoms with Gasteiger partial charge in [-0.3, -0.25) is 0 Å². The second-order valence-electron chi connectivity index (χ2n) is 5.72. The molecule has 0 radical (unpaired) electrons. The van der Waals surface area contributed by atoms with Crippen LogP contribution in [-0.4, -0.2) is 23.8 Å². The van der Waals surface area contributed by atoms with Gasteiger partial charge in [0.05, 0.1) is 6.10 Å². The fourth-order valence-corrected chi connectivity index (χ4v) is 2.91. The minimum Gasteiger partial charge on any atom is -0.391 e. The lowest BCUT2D eigenvalue weighted by Gasteiger charge is -2.25. The summed E-state index contributed by atoms with van der Waals surface area (Å²) in [5.41, 5.74) is 1.96. The zero-order chi connectivity index (χ0) is 16.1. The van der Waals surface area contributed by atoms with E-state index >= 15 is 0 Å². The summed E-state index contributed by atoms with van der Waals surface area (Å²) < 4.78 is 0. The van der Waals surface area contributed by atoms with Crippen LogP contribution in [0.2, 0.25) is 10.0 Å². The molecule has 118 valence electrons. The highest BCUT2D eigenvalue weighted by Crippen LogP contribution is 2.31. The molecule has 2 nitrogen and oxygen atoms in total. The summed E-state index contributed by atoms with van der Waals surface area (Å²) in [5, 5.41) is 15.3. The van der Waals surface area contributed by atoms with Gasteiger partial charge in [-0.2, -0.15) is 0 Å². The first-order valence-electron chi connectivity index (χ1n) is 7.39. The van der Waals surface area contributed by atoms with Crippen LogP contribution in [0.15, 0.2) is 48.5 Å². The van der Waals surface area contributed by atoms with Crippen molar-refractivity contribution in [3.8, 4) is 0 Å². The van der Waals surface area contributed by atoms with Crippen molar-refractivity contribution in [1.29, 1.82) is 0 Å². The lowest BCUT2D eigenvalue weighted by molar-refractivity contribution is 0.151. The molecular weight excluding hydrogens is 317 g/mol. The van der Waals surface area contributed by atoms with Gasteiger partial charge in [0.2, 0.25) is 0 Å². The van der Waals surface area contributed by atoms with Crippen LogP contribution in [0.5, 0.6) is 0 Å². The van der Waals surface area contributed by atoms with Gasteiger partial charge in [-0.25, -0.2) is 0 Å². The molecule has 0 fully saturated rings. The van der Waals surface area contributed by atoms with Crippen molar-refractivity contribution in [2.45, 2.75) is 31.9 Å². The number of nitrogens with one attached hydrogen (secondary N) is 1. The Kier molecular flexibility index (Phi) is 6.27. The van der Waals surface area contributed by atoms with Gasteiger partial charge < -0.3 is 10.4 Å². The Labute approximate surface area is 142 Å².